The van der Waals surface area contributed by atoms with Crippen LogP contribution >= 0.6 is 11.6 Å². The predicted octanol–water partition coefficient (Wildman–Crippen LogP) is 3.47. The van der Waals surface area contributed by atoms with Crippen molar-refractivity contribution < 1.29 is 0 Å². The Kier molecular flexibility index (Phi) is 4.18. The van der Waals surface area contributed by atoms with E-state index in [1.807, 2.05) is 6.07 Å². The first-order valence-electron chi connectivity index (χ1n) is 7.75. The van der Waals surface area contributed by atoms with Crippen LogP contribution in [0.3, 0.4) is 0 Å². The number of pyridine rings is 1. The SMILES string of the molecule is CC1CC(C)CN(c2ccc(Cl)c(CNC3CC3)n2)C1. The molecule has 2 atom stereocenters. The average Bonchev–Trinajstić information content (AvgIpc) is 3.20. The van der Waals surface area contributed by atoms with Gasteiger partial charge in [-0.1, -0.05) is 25.4 Å². The van der Waals surface area contributed by atoms with Crippen molar-refractivity contribution in [3.63, 3.8) is 0 Å². The van der Waals surface area contributed by atoms with Gasteiger partial charge in [-0.2, -0.15) is 0 Å². The van der Waals surface area contributed by atoms with Gasteiger partial charge in [0, 0.05) is 25.7 Å². The Morgan fingerprint density at radius 1 is 1.25 bits per heavy atom. The van der Waals surface area contributed by atoms with Crippen molar-refractivity contribution in [2.45, 2.75) is 45.7 Å². The first-order chi connectivity index (χ1) is 9.61. The van der Waals surface area contributed by atoms with Gasteiger partial charge in [-0.05, 0) is 43.2 Å². The fraction of sp³-hybridized carbons (Fsp3) is 0.688. The molecule has 2 heterocycles. The van der Waals surface area contributed by atoms with E-state index in [2.05, 4.69) is 30.1 Å². The fourth-order valence-electron chi connectivity index (χ4n) is 3.15. The molecule has 2 fully saturated rings. The van der Waals surface area contributed by atoms with Gasteiger partial charge in [-0.3, -0.25) is 0 Å². The van der Waals surface area contributed by atoms with Crippen molar-refractivity contribution in [3.8, 4) is 0 Å². The zero-order chi connectivity index (χ0) is 14.1. The standard InChI is InChI=1S/C16H24ClN3/c1-11-7-12(2)10-20(9-11)16-6-5-14(17)15(19-16)8-18-13-3-4-13/h5-6,11-13,18H,3-4,7-10H2,1-2H3. The minimum Gasteiger partial charge on any atom is -0.356 e. The van der Waals surface area contributed by atoms with Crippen LogP contribution in [0.1, 0.15) is 38.8 Å². The van der Waals surface area contributed by atoms with Crippen molar-refractivity contribution in [2.24, 2.45) is 11.8 Å². The maximum absolute atomic E-state index is 6.28. The lowest BCUT2D eigenvalue weighted by atomic mass is 9.92. The molecule has 0 bridgehead atoms. The van der Waals surface area contributed by atoms with Gasteiger partial charge >= 0.3 is 0 Å². The lowest BCUT2D eigenvalue weighted by Crippen LogP contribution is -2.39. The van der Waals surface area contributed by atoms with Crippen molar-refractivity contribution in [1.29, 1.82) is 0 Å². The molecule has 1 saturated heterocycles. The van der Waals surface area contributed by atoms with E-state index in [1.54, 1.807) is 0 Å². The van der Waals surface area contributed by atoms with Gasteiger partial charge in [0.05, 0.1) is 10.7 Å². The monoisotopic (exact) mass is 293 g/mol. The summed E-state index contributed by atoms with van der Waals surface area (Å²) in [5, 5.41) is 4.27. The minimum absolute atomic E-state index is 0.687. The summed E-state index contributed by atoms with van der Waals surface area (Å²) in [6, 6.07) is 4.75. The van der Waals surface area contributed by atoms with E-state index in [9.17, 15) is 0 Å². The summed E-state index contributed by atoms with van der Waals surface area (Å²) < 4.78 is 0. The van der Waals surface area contributed by atoms with E-state index in [1.165, 1.54) is 19.3 Å². The first kappa shape index (κ1) is 14.2. The van der Waals surface area contributed by atoms with Crippen LogP contribution in [0.4, 0.5) is 5.82 Å². The second-order valence-electron chi connectivity index (χ2n) is 6.60. The van der Waals surface area contributed by atoms with Crippen LogP contribution in [0.15, 0.2) is 12.1 Å². The molecular weight excluding hydrogens is 270 g/mol. The quantitative estimate of drug-likeness (QED) is 0.921. The molecule has 1 aliphatic heterocycles. The number of hydrogen-bond acceptors (Lipinski definition) is 3. The highest BCUT2D eigenvalue weighted by Crippen LogP contribution is 2.27. The zero-order valence-corrected chi connectivity index (χ0v) is 13.2. The average molecular weight is 294 g/mol. The van der Waals surface area contributed by atoms with Crippen molar-refractivity contribution in [1.82, 2.24) is 10.3 Å². The van der Waals surface area contributed by atoms with Gasteiger partial charge in [0.1, 0.15) is 5.82 Å². The van der Waals surface area contributed by atoms with E-state index in [-0.39, 0.29) is 0 Å². The summed E-state index contributed by atoms with van der Waals surface area (Å²) in [5.41, 5.74) is 0.988. The molecule has 1 aliphatic carbocycles. The summed E-state index contributed by atoms with van der Waals surface area (Å²) in [6.45, 7) is 7.65. The third-order valence-corrected chi connectivity index (χ3v) is 4.58. The van der Waals surface area contributed by atoms with Crippen LogP contribution in [0.2, 0.25) is 5.02 Å². The van der Waals surface area contributed by atoms with Crippen molar-refractivity contribution >= 4 is 17.4 Å². The molecule has 3 rings (SSSR count). The smallest absolute Gasteiger partial charge is 0.128 e. The molecule has 2 unspecified atom stereocenters. The number of aromatic nitrogens is 1. The van der Waals surface area contributed by atoms with Crippen LogP contribution in [-0.4, -0.2) is 24.1 Å². The number of halogens is 1. The number of nitrogens with one attached hydrogen (secondary N) is 1. The number of rotatable bonds is 4. The molecule has 2 aliphatic rings. The number of hydrogen-bond donors (Lipinski definition) is 1. The first-order valence-corrected chi connectivity index (χ1v) is 8.13. The summed E-state index contributed by atoms with van der Waals surface area (Å²) in [5.74, 6) is 2.56. The Morgan fingerprint density at radius 3 is 2.60 bits per heavy atom. The van der Waals surface area contributed by atoms with E-state index >= 15 is 0 Å². The Labute approximate surface area is 126 Å². The maximum Gasteiger partial charge on any atom is 0.128 e. The number of piperidine rings is 1. The highest BCUT2D eigenvalue weighted by Gasteiger charge is 2.24. The molecule has 1 N–H and O–H groups in total. The molecule has 110 valence electrons. The van der Waals surface area contributed by atoms with Gasteiger partial charge in [0.25, 0.3) is 0 Å². The Balaban J connectivity index is 1.73. The summed E-state index contributed by atoms with van der Waals surface area (Å²) in [4.78, 5) is 7.21. The predicted molar refractivity (Wildman–Crippen MR) is 84.3 cm³/mol. The van der Waals surface area contributed by atoms with Crippen LogP contribution in [0.25, 0.3) is 0 Å². The number of anilines is 1. The Bertz CT molecular complexity index is 463. The molecule has 1 saturated carbocycles. The molecule has 0 radical (unpaired) electrons. The Morgan fingerprint density at radius 2 is 1.95 bits per heavy atom. The van der Waals surface area contributed by atoms with Gasteiger partial charge in [0.2, 0.25) is 0 Å². The van der Waals surface area contributed by atoms with Crippen LogP contribution in [-0.2, 0) is 6.54 Å². The molecular formula is C16H24ClN3. The lowest BCUT2D eigenvalue weighted by molar-refractivity contribution is 0.355. The van der Waals surface area contributed by atoms with E-state index < -0.39 is 0 Å². The second kappa shape index (κ2) is 5.90. The van der Waals surface area contributed by atoms with Gasteiger partial charge in [-0.15, -0.1) is 0 Å². The second-order valence-corrected chi connectivity index (χ2v) is 7.01. The molecule has 3 nitrogen and oxygen atoms in total. The highest BCUT2D eigenvalue weighted by atomic mass is 35.5. The molecule has 0 amide bonds. The van der Waals surface area contributed by atoms with Crippen molar-refractivity contribution in [2.75, 3.05) is 18.0 Å². The molecule has 20 heavy (non-hydrogen) atoms. The molecule has 0 spiro atoms. The van der Waals surface area contributed by atoms with Crippen LogP contribution < -0.4 is 10.2 Å². The van der Waals surface area contributed by atoms with Gasteiger partial charge in [0.15, 0.2) is 0 Å². The summed E-state index contributed by atoms with van der Waals surface area (Å²) in [6.07, 6.45) is 3.90. The third kappa shape index (κ3) is 3.44. The largest absolute Gasteiger partial charge is 0.356 e. The van der Waals surface area contributed by atoms with Gasteiger partial charge < -0.3 is 10.2 Å². The normalized spacial score (nSPS) is 26.9. The lowest BCUT2D eigenvalue weighted by Gasteiger charge is -2.36. The summed E-state index contributed by atoms with van der Waals surface area (Å²) in [7, 11) is 0. The fourth-order valence-corrected chi connectivity index (χ4v) is 3.32. The topological polar surface area (TPSA) is 28.2 Å². The van der Waals surface area contributed by atoms with Crippen LogP contribution in [0, 0.1) is 11.8 Å². The summed E-state index contributed by atoms with van der Waals surface area (Å²) >= 11 is 6.28. The van der Waals surface area contributed by atoms with E-state index in [0.29, 0.717) is 6.04 Å². The van der Waals surface area contributed by atoms with E-state index in [4.69, 9.17) is 16.6 Å². The molecule has 1 aromatic rings. The number of nitrogens with zero attached hydrogens (tertiary/aromatic N) is 2. The van der Waals surface area contributed by atoms with Crippen LogP contribution in [0.5, 0.6) is 0 Å². The maximum atomic E-state index is 6.28. The van der Waals surface area contributed by atoms with Crippen molar-refractivity contribution in [3.05, 3.63) is 22.8 Å². The third-order valence-electron chi connectivity index (χ3n) is 4.23. The molecule has 0 aromatic carbocycles. The minimum atomic E-state index is 0.687. The molecule has 1 aromatic heterocycles. The molecule has 4 heteroatoms. The Hall–Kier alpha value is -0.800. The highest BCUT2D eigenvalue weighted by molar-refractivity contribution is 6.31. The van der Waals surface area contributed by atoms with Gasteiger partial charge in [-0.25, -0.2) is 4.98 Å². The van der Waals surface area contributed by atoms with E-state index in [0.717, 1.165) is 48.0 Å². The zero-order valence-electron chi connectivity index (χ0n) is 12.4.